The molecule has 0 spiro atoms. The van der Waals surface area contributed by atoms with E-state index in [1.807, 2.05) is 4.90 Å². The Hall–Kier alpha value is -3.63. The molecule has 2 aromatic heterocycles. The van der Waals surface area contributed by atoms with Crippen LogP contribution < -0.4 is 10.2 Å². The zero-order valence-electron chi connectivity index (χ0n) is 15.1. The maximum atomic E-state index is 13.8. The molecule has 4 rings (SSSR count). The topological polar surface area (TPSA) is 79.2 Å². The molecule has 0 atom stereocenters. The number of anilines is 2. The summed E-state index contributed by atoms with van der Waals surface area (Å²) >= 11 is 0. The number of hydrogen-bond acceptors (Lipinski definition) is 5. The Bertz CT molecular complexity index is 1020. The zero-order valence-corrected chi connectivity index (χ0v) is 15.1. The Morgan fingerprint density at radius 3 is 2.48 bits per heavy atom. The van der Waals surface area contributed by atoms with Crippen molar-refractivity contribution in [2.24, 2.45) is 0 Å². The van der Waals surface area contributed by atoms with Crippen LogP contribution in [-0.4, -0.2) is 56.9 Å². The van der Waals surface area contributed by atoms with Crippen molar-refractivity contribution in [3.8, 4) is 5.82 Å². The van der Waals surface area contributed by atoms with E-state index in [-0.39, 0.29) is 0 Å². The molecule has 1 saturated heterocycles. The van der Waals surface area contributed by atoms with Crippen molar-refractivity contribution in [2.45, 2.75) is 0 Å². The normalized spacial score (nSPS) is 14.2. The van der Waals surface area contributed by atoms with Crippen LogP contribution in [0.4, 0.5) is 29.5 Å². The number of hydrogen-bond donors (Lipinski definition) is 1. The first-order valence-electron chi connectivity index (χ1n) is 8.79. The van der Waals surface area contributed by atoms with Crippen LogP contribution in [0.15, 0.2) is 43.0 Å². The van der Waals surface area contributed by atoms with E-state index in [0.717, 1.165) is 12.1 Å². The summed E-state index contributed by atoms with van der Waals surface area (Å²) in [5, 5.41) is 6.41. The van der Waals surface area contributed by atoms with Gasteiger partial charge in [-0.3, -0.25) is 0 Å². The Morgan fingerprint density at radius 2 is 1.76 bits per heavy atom. The van der Waals surface area contributed by atoms with Gasteiger partial charge in [0.25, 0.3) is 0 Å². The van der Waals surface area contributed by atoms with Crippen LogP contribution in [0.1, 0.15) is 0 Å². The van der Waals surface area contributed by atoms with Crippen molar-refractivity contribution >= 4 is 17.5 Å². The summed E-state index contributed by atoms with van der Waals surface area (Å²) in [4.78, 5) is 24.2. The van der Waals surface area contributed by atoms with Crippen molar-refractivity contribution in [1.82, 2.24) is 24.6 Å². The lowest BCUT2D eigenvalue weighted by Gasteiger charge is -2.35. The van der Waals surface area contributed by atoms with Gasteiger partial charge in [0.05, 0.1) is 5.69 Å². The summed E-state index contributed by atoms with van der Waals surface area (Å²) in [5.74, 6) is -3.05. The quantitative estimate of drug-likeness (QED) is 0.680. The minimum absolute atomic E-state index is 0.345. The number of aromatic nitrogens is 4. The van der Waals surface area contributed by atoms with Gasteiger partial charge in [-0.2, -0.15) is 5.10 Å². The highest BCUT2D eigenvalue weighted by molar-refractivity contribution is 5.89. The van der Waals surface area contributed by atoms with Crippen molar-refractivity contribution in [3.63, 3.8) is 0 Å². The Morgan fingerprint density at radius 1 is 1.00 bits per heavy atom. The molecule has 29 heavy (non-hydrogen) atoms. The lowest BCUT2D eigenvalue weighted by atomic mass is 10.2. The molecule has 11 heteroatoms. The maximum Gasteiger partial charge on any atom is 0.322 e. The van der Waals surface area contributed by atoms with Crippen LogP contribution in [-0.2, 0) is 0 Å². The summed E-state index contributed by atoms with van der Waals surface area (Å²) in [5.41, 5.74) is -0.406. The number of carbonyl (C=O) groups is 1. The summed E-state index contributed by atoms with van der Waals surface area (Å²) in [6.07, 6.45) is 4.86. The standard InChI is InChI=1S/C18H16F3N7O/c19-12-2-3-13(17(21)16(12)20)25-18(29)27-8-6-26(7-9-27)14-10-15(23-11-22-14)28-5-1-4-24-28/h1-5,10-11H,6-9H2,(H,25,29). The summed E-state index contributed by atoms with van der Waals surface area (Å²) in [7, 11) is 0. The molecule has 1 N–H and O–H groups in total. The van der Waals surface area contributed by atoms with E-state index >= 15 is 0 Å². The van der Waals surface area contributed by atoms with Gasteiger partial charge in [0.2, 0.25) is 0 Å². The number of rotatable bonds is 3. The SMILES string of the molecule is O=C(Nc1ccc(F)c(F)c1F)N1CCN(c2cc(-n3cccn3)ncn2)CC1. The van der Waals surface area contributed by atoms with Crippen molar-refractivity contribution in [2.75, 3.05) is 36.4 Å². The Labute approximate surface area is 163 Å². The molecule has 0 saturated carbocycles. The molecular weight excluding hydrogens is 387 g/mol. The molecule has 0 unspecified atom stereocenters. The third-order valence-corrected chi connectivity index (χ3v) is 4.55. The Balaban J connectivity index is 1.39. The Kier molecular flexibility index (Phi) is 5.02. The molecule has 1 aromatic carbocycles. The minimum atomic E-state index is -1.62. The molecule has 150 valence electrons. The fourth-order valence-electron chi connectivity index (χ4n) is 3.00. The largest absolute Gasteiger partial charge is 0.353 e. The molecule has 0 radical (unpaired) electrons. The van der Waals surface area contributed by atoms with E-state index in [1.165, 1.54) is 11.2 Å². The maximum absolute atomic E-state index is 13.8. The molecule has 3 heterocycles. The fourth-order valence-corrected chi connectivity index (χ4v) is 3.00. The third kappa shape index (κ3) is 3.84. The van der Waals surface area contributed by atoms with Gasteiger partial charge in [-0.15, -0.1) is 0 Å². The molecule has 0 aliphatic carbocycles. The molecule has 1 fully saturated rings. The molecule has 1 aliphatic heterocycles. The number of amides is 2. The first-order valence-corrected chi connectivity index (χ1v) is 8.79. The molecular formula is C18H16F3N7O. The van der Waals surface area contributed by atoms with Gasteiger partial charge in [-0.1, -0.05) is 0 Å². The van der Waals surface area contributed by atoms with E-state index in [9.17, 15) is 18.0 Å². The predicted molar refractivity (Wildman–Crippen MR) is 98.3 cm³/mol. The number of nitrogens with zero attached hydrogens (tertiary/aromatic N) is 6. The number of urea groups is 1. The van der Waals surface area contributed by atoms with Crippen LogP contribution >= 0.6 is 0 Å². The van der Waals surface area contributed by atoms with Gasteiger partial charge < -0.3 is 15.1 Å². The second-order valence-corrected chi connectivity index (χ2v) is 6.31. The summed E-state index contributed by atoms with van der Waals surface area (Å²) < 4.78 is 41.7. The van der Waals surface area contributed by atoms with E-state index in [0.29, 0.717) is 37.8 Å². The number of halogens is 3. The number of piperazine rings is 1. The smallest absolute Gasteiger partial charge is 0.322 e. The second kappa shape index (κ2) is 7.78. The van der Waals surface area contributed by atoms with Gasteiger partial charge in [0.1, 0.15) is 12.1 Å². The molecule has 2 amide bonds. The van der Waals surface area contributed by atoms with E-state index in [1.54, 1.807) is 29.2 Å². The van der Waals surface area contributed by atoms with Crippen molar-refractivity contribution in [3.05, 3.63) is 60.4 Å². The van der Waals surface area contributed by atoms with Gasteiger partial charge in [0.15, 0.2) is 23.3 Å². The van der Waals surface area contributed by atoms with Crippen LogP contribution in [0, 0.1) is 17.5 Å². The van der Waals surface area contributed by atoms with E-state index < -0.39 is 29.2 Å². The lowest BCUT2D eigenvalue weighted by Crippen LogP contribution is -2.50. The minimum Gasteiger partial charge on any atom is -0.353 e. The molecule has 3 aromatic rings. The zero-order chi connectivity index (χ0) is 20.4. The van der Waals surface area contributed by atoms with Gasteiger partial charge >= 0.3 is 6.03 Å². The second-order valence-electron chi connectivity index (χ2n) is 6.31. The molecule has 0 bridgehead atoms. The van der Waals surface area contributed by atoms with Gasteiger partial charge in [-0.05, 0) is 18.2 Å². The van der Waals surface area contributed by atoms with Crippen LogP contribution in [0.2, 0.25) is 0 Å². The number of nitrogens with one attached hydrogen (secondary N) is 1. The average molecular weight is 403 g/mol. The van der Waals surface area contributed by atoms with Crippen LogP contribution in [0.25, 0.3) is 5.82 Å². The van der Waals surface area contributed by atoms with Crippen LogP contribution in [0.5, 0.6) is 0 Å². The lowest BCUT2D eigenvalue weighted by molar-refractivity contribution is 0.208. The highest BCUT2D eigenvalue weighted by atomic mass is 19.2. The van der Waals surface area contributed by atoms with Crippen LogP contribution in [0.3, 0.4) is 0 Å². The van der Waals surface area contributed by atoms with Crippen molar-refractivity contribution < 1.29 is 18.0 Å². The number of carbonyl (C=O) groups excluding carboxylic acids is 1. The monoisotopic (exact) mass is 403 g/mol. The van der Waals surface area contributed by atoms with E-state index in [4.69, 9.17) is 0 Å². The average Bonchev–Trinajstić information content (AvgIpc) is 3.29. The fraction of sp³-hybridized carbons (Fsp3) is 0.222. The highest BCUT2D eigenvalue weighted by Gasteiger charge is 2.24. The first kappa shape index (κ1) is 18.7. The third-order valence-electron chi connectivity index (χ3n) is 4.55. The van der Waals surface area contributed by atoms with E-state index in [2.05, 4.69) is 20.4 Å². The van der Waals surface area contributed by atoms with Gasteiger partial charge in [0, 0.05) is 44.6 Å². The first-order chi connectivity index (χ1) is 14.0. The molecule has 8 nitrogen and oxygen atoms in total. The predicted octanol–water partition coefficient (Wildman–Crippen LogP) is 2.43. The number of benzene rings is 1. The highest BCUT2D eigenvalue weighted by Crippen LogP contribution is 2.21. The summed E-state index contributed by atoms with van der Waals surface area (Å²) in [6, 6.07) is 4.74. The van der Waals surface area contributed by atoms with Crippen molar-refractivity contribution in [1.29, 1.82) is 0 Å². The van der Waals surface area contributed by atoms with Gasteiger partial charge in [-0.25, -0.2) is 32.6 Å². The summed E-state index contributed by atoms with van der Waals surface area (Å²) in [6.45, 7) is 1.67. The molecule has 1 aliphatic rings.